The molecule has 3 heterocycles. The molecule has 2 aromatic heterocycles. The largest absolute Gasteiger partial charge is 0.495 e. The van der Waals surface area contributed by atoms with Gasteiger partial charge in [0.2, 0.25) is 0 Å². The van der Waals surface area contributed by atoms with E-state index in [0.29, 0.717) is 45.1 Å². The summed E-state index contributed by atoms with van der Waals surface area (Å²) >= 11 is 0. The van der Waals surface area contributed by atoms with Crippen LogP contribution in [0.25, 0.3) is 22.3 Å². The fraction of sp³-hybridized carbons (Fsp3) is 0.269. The first-order valence-electron chi connectivity index (χ1n) is 11.8. The van der Waals surface area contributed by atoms with Crippen LogP contribution in [0.5, 0.6) is 5.75 Å². The van der Waals surface area contributed by atoms with Crippen LogP contribution in [-0.2, 0) is 0 Å². The molecule has 0 unspecified atom stereocenters. The van der Waals surface area contributed by atoms with Gasteiger partial charge in [-0.1, -0.05) is 18.2 Å². The van der Waals surface area contributed by atoms with Gasteiger partial charge in [-0.3, -0.25) is 9.59 Å². The zero-order valence-electron chi connectivity index (χ0n) is 20.1. The van der Waals surface area contributed by atoms with Crippen molar-refractivity contribution in [2.75, 3.05) is 31.2 Å². The van der Waals surface area contributed by atoms with Gasteiger partial charge >= 0.3 is 0 Å². The number of ether oxygens (including phenoxy) is 1. The minimum absolute atomic E-state index is 0.0552. The molecule has 36 heavy (non-hydrogen) atoms. The van der Waals surface area contributed by atoms with Crippen LogP contribution in [0, 0.1) is 0 Å². The monoisotopic (exact) mass is 485 g/mol. The lowest BCUT2D eigenvalue weighted by Gasteiger charge is -2.23. The van der Waals surface area contributed by atoms with Crippen LogP contribution in [0.4, 0.5) is 11.5 Å². The van der Waals surface area contributed by atoms with Crippen molar-refractivity contribution in [3.63, 3.8) is 0 Å². The number of nitrogens with zero attached hydrogens (tertiary/aromatic N) is 4. The van der Waals surface area contributed by atoms with Crippen LogP contribution in [0.3, 0.4) is 0 Å². The third kappa shape index (κ3) is 4.38. The Morgan fingerprint density at radius 3 is 2.50 bits per heavy atom. The van der Waals surface area contributed by atoms with Crippen LogP contribution < -0.4 is 21.1 Å². The lowest BCUT2D eigenvalue weighted by Crippen LogP contribution is -2.30. The molecule has 1 aliphatic rings. The molecule has 1 saturated heterocycles. The summed E-state index contributed by atoms with van der Waals surface area (Å²) in [5.74, 6) is 0.469. The second-order valence-electron chi connectivity index (χ2n) is 8.73. The number of methoxy groups -OCH3 is 1. The summed E-state index contributed by atoms with van der Waals surface area (Å²) < 4.78 is 7.55. The minimum Gasteiger partial charge on any atom is -0.495 e. The van der Waals surface area contributed by atoms with Gasteiger partial charge in [-0.25, -0.2) is 14.6 Å². The van der Waals surface area contributed by atoms with E-state index < -0.39 is 0 Å². The summed E-state index contributed by atoms with van der Waals surface area (Å²) in [4.78, 5) is 33.0. The standard InChI is InChI=1S/C26H27N7O3/c1-15(34)16-3-5-17(6-4-16)26(35)31-20-8-7-18(13-21(20)36-2)23-22-24(27)29-14-30-25(22)33(32-23)19-9-11-28-12-10-19/h3-8,13-14,19,28H,9-12H2,1-2H3,(H,31,35)(H2,27,29,30). The van der Waals surface area contributed by atoms with Crippen LogP contribution in [0.15, 0.2) is 48.8 Å². The molecule has 0 saturated carbocycles. The molecule has 0 bridgehead atoms. The molecule has 1 aliphatic heterocycles. The Morgan fingerprint density at radius 1 is 1.08 bits per heavy atom. The molecule has 10 heteroatoms. The van der Waals surface area contributed by atoms with Gasteiger partial charge in [-0.15, -0.1) is 0 Å². The highest BCUT2D eigenvalue weighted by Crippen LogP contribution is 2.37. The Kier molecular flexibility index (Phi) is 6.34. The molecule has 10 nitrogen and oxygen atoms in total. The van der Waals surface area contributed by atoms with E-state index in [-0.39, 0.29) is 17.7 Å². The molecular weight excluding hydrogens is 458 g/mol. The lowest BCUT2D eigenvalue weighted by atomic mass is 10.1. The zero-order chi connectivity index (χ0) is 25.2. The number of fused-ring (bicyclic) bond motifs is 1. The summed E-state index contributed by atoms with van der Waals surface area (Å²) in [5, 5.41) is 11.9. The molecule has 4 aromatic rings. The Morgan fingerprint density at radius 2 is 1.81 bits per heavy atom. The maximum atomic E-state index is 12.8. The zero-order valence-corrected chi connectivity index (χ0v) is 20.1. The number of nitrogen functional groups attached to an aromatic ring is 1. The van der Waals surface area contributed by atoms with E-state index in [1.54, 1.807) is 37.4 Å². The number of carbonyl (C=O) groups is 2. The Bertz CT molecular complexity index is 1440. The number of Topliss-reactive ketones (excluding diaryl/α,β-unsaturated/α-hetero) is 1. The van der Waals surface area contributed by atoms with Gasteiger partial charge in [-0.2, -0.15) is 5.10 Å². The summed E-state index contributed by atoms with van der Waals surface area (Å²) in [6.07, 6.45) is 3.35. The van der Waals surface area contributed by atoms with E-state index in [1.807, 2.05) is 16.8 Å². The average Bonchev–Trinajstić information content (AvgIpc) is 3.30. The number of hydrogen-bond acceptors (Lipinski definition) is 8. The molecule has 0 spiro atoms. The van der Waals surface area contributed by atoms with Gasteiger partial charge in [0, 0.05) is 16.7 Å². The molecule has 0 atom stereocenters. The third-order valence-corrected chi connectivity index (χ3v) is 6.45. The Labute approximate surface area is 207 Å². The predicted molar refractivity (Wildman–Crippen MR) is 137 cm³/mol. The number of aromatic nitrogens is 4. The summed E-state index contributed by atoms with van der Waals surface area (Å²) in [6, 6.07) is 12.2. The van der Waals surface area contributed by atoms with Gasteiger partial charge in [0.15, 0.2) is 11.4 Å². The first kappa shape index (κ1) is 23.4. The number of anilines is 2. The van der Waals surface area contributed by atoms with Crippen LogP contribution >= 0.6 is 0 Å². The van der Waals surface area contributed by atoms with E-state index in [9.17, 15) is 9.59 Å². The second kappa shape index (κ2) is 9.74. The van der Waals surface area contributed by atoms with Gasteiger partial charge in [0.05, 0.1) is 24.2 Å². The number of nitrogens with one attached hydrogen (secondary N) is 2. The number of carbonyl (C=O) groups excluding carboxylic acids is 2. The molecule has 4 N–H and O–H groups in total. The highest BCUT2D eigenvalue weighted by molar-refractivity contribution is 6.06. The number of rotatable bonds is 6. The highest BCUT2D eigenvalue weighted by atomic mass is 16.5. The van der Waals surface area contributed by atoms with Gasteiger partial charge in [0.25, 0.3) is 5.91 Å². The normalized spacial score (nSPS) is 14.1. The van der Waals surface area contributed by atoms with Crippen molar-refractivity contribution >= 4 is 34.2 Å². The van der Waals surface area contributed by atoms with Crippen molar-refractivity contribution < 1.29 is 14.3 Å². The molecule has 0 radical (unpaired) electrons. The average molecular weight is 486 g/mol. The predicted octanol–water partition coefficient (Wildman–Crippen LogP) is 3.46. The SMILES string of the molecule is COc1cc(-c2nn(C3CCNCC3)c3ncnc(N)c23)ccc1NC(=O)c1ccc(C(C)=O)cc1. The first-order chi connectivity index (χ1) is 17.5. The molecule has 0 aliphatic carbocycles. The molecule has 1 amide bonds. The summed E-state index contributed by atoms with van der Waals surface area (Å²) in [7, 11) is 1.54. The number of ketones is 1. The second-order valence-corrected chi connectivity index (χ2v) is 8.73. The molecule has 1 fully saturated rings. The quantitative estimate of drug-likeness (QED) is 0.353. The van der Waals surface area contributed by atoms with Crippen molar-refractivity contribution in [1.82, 2.24) is 25.1 Å². The van der Waals surface area contributed by atoms with Gasteiger partial charge < -0.3 is 21.1 Å². The van der Waals surface area contributed by atoms with Crippen molar-refractivity contribution in [2.45, 2.75) is 25.8 Å². The number of benzene rings is 2. The number of hydrogen-bond donors (Lipinski definition) is 3. The van der Waals surface area contributed by atoms with Crippen molar-refractivity contribution in [3.8, 4) is 17.0 Å². The van der Waals surface area contributed by atoms with Crippen LogP contribution in [0.1, 0.15) is 46.5 Å². The highest BCUT2D eigenvalue weighted by Gasteiger charge is 2.24. The topological polar surface area (TPSA) is 137 Å². The smallest absolute Gasteiger partial charge is 0.255 e. The van der Waals surface area contributed by atoms with E-state index in [0.717, 1.165) is 31.5 Å². The maximum absolute atomic E-state index is 12.8. The Balaban J connectivity index is 1.48. The molecule has 2 aromatic carbocycles. The fourth-order valence-electron chi connectivity index (χ4n) is 4.50. The van der Waals surface area contributed by atoms with Gasteiger partial charge in [-0.05, 0) is 57.1 Å². The number of nitrogens with two attached hydrogens (primary N) is 1. The number of piperidine rings is 1. The van der Waals surface area contributed by atoms with Crippen molar-refractivity contribution in [1.29, 1.82) is 0 Å². The first-order valence-corrected chi connectivity index (χ1v) is 11.8. The van der Waals surface area contributed by atoms with Crippen molar-refractivity contribution in [2.24, 2.45) is 0 Å². The van der Waals surface area contributed by atoms with Crippen LogP contribution in [-0.4, -0.2) is 51.6 Å². The molecular formula is C26H27N7O3. The van der Waals surface area contributed by atoms with E-state index in [1.165, 1.54) is 13.3 Å². The lowest BCUT2D eigenvalue weighted by molar-refractivity contribution is 0.100. The number of amides is 1. The molecule has 5 rings (SSSR count). The minimum atomic E-state index is -0.311. The van der Waals surface area contributed by atoms with Gasteiger partial charge in [0.1, 0.15) is 23.6 Å². The van der Waals surface area contributed by atoms with Crippen molar-refractivity contribution in [3.05, 3.63) is 59.9 Å². The summed E-state index contributed by atoms with van der Waals surface area (Å²) in [5.41, 5.74) is 9.90. The van der Waals surface area contributed by atoms with E-state index >= 15 is 0 Å². The molecule has 184 valence electrons. The maximum Gasteiger partial charge on any atom is 0.255 e. The van der Waals surface area contributed by atoms with Crippen LogP contribution in [0.2, 0.25) is 0 Å². The van der Waals surface area contributed by atoms with E-state index in [2.05, 4.69) is 20.6 Å². The Hall–Kier alpha value is -4.31. The third-order valence-electron chi connectivity index (χ3n) is 6.45. The van der Waals surface area contributed by atoms with E-state index in [4.69, 9.17) is 15.6 Å². The summed E-state index contributed by atoms with van der Waals surface area (Å²) in [6.45, 7) is 3.32. The fourth-order valence-corrected chi connectivity index (χ4v) is 4.50.